The van der Waals surface area contributed by atoms with Crippen molar-refractivity contribution >= 4 is 23.2 Å². The van der Waals surface area contributed by atoms with Crippen LogP contribution in [0.1, 0.15) is 79.9 Å². The molecule has 2 heterocycles. The third-order valence-electron chi connectivity index (χ3n) is 8.80. The first-order valence-corrected chi connectivity index (χ1v) is 14.3. The van der Waals surface area contributed by atoms with Crippen LogP contribution in [-0.4, -0.2) is 64.5 Å². The van der Waals surface area contributed by atoms with E-state index in [4.69, 9.17) is 0 Å². The molecule has 208 valence electrons. The number of piperazine rings is 1. The Bertz CT molecular complexity index is 1230. The average molecular weight is 539 g/mol. The molecule has 0 radical (unpaired) electrons. The molecule has 1 atom stereocenters. The summed E-state index contributed by atoms with van der Waals surface area (Å²) < 4.78 is 28.5. The number of hydrogen-bond acceptors (Lipinski definition) is 5. The van der Waals surface area contributed by atoms with Crippen LogP contribution in [0.5, 0.6) is 0 Å². The summed E-state index contributed by atoms with van der Waals surface area (Å²) in [6.07, 6.45) is 8.59. The van der Waals surface area contributed by atoms with Gasteiger partial charge in [-0.25, -0.2) is 8.78 Å². The summed E-state index contributed by atoms with van der Waals surface area (Å²) in [5.74, 6) is -2.03. The minimum Gasteiger partial charge on any atom is -0.380 e. The minimum absolute atomic E-state index is 0.0949. The predicted molar refractivity (Wildman–Crippen MR) is 144 cm³/mol. The maximum Gasteiger partial charge on any atom is 0.254 e. The number of nitrogens with one attached hydrogen (secondary N) is 1. The Kier molecular flexibility index (Phi) is 6.95. The lowest BCUT2D eigenvalue weighted by Gasteiger charge is -2.37. The summed E-state index contributed by atoms with van der Waals surface area (Å²) in [5.41, 5.74) is 1.58. The summed E-state index contributed by atoms with van der Waals surface area (Å²) in [5, 5.41) is 13.5. The predicted octanol–water partition coefficient (Wildman–Crippen LogP) is 4.82. The van der Waals surface area contributed by atoms with Gasteiger partial charge in [-0.3, -0.25) is 9.59 Å². The van der Waals surface area contributed by atoms with Gasteiger partial charge in [-0.15, -0.1) is 0 Å². The number of aliphatic hydroxyl groups is 1. The van der Waals surface area contributed by atoms with Crippen LogP contribution >= 0.6 is 0 Å². The van der Waals surface area contributed by atoms with Gasteiger partial charge in [-0.1, -0.05) is 44.2 Å². The second-order valence-electron chi connectivity index (χ2n) is 11.5. The van der Waals surface area contributed by atoms with Crippen LogP contribution < -0.4 is 10.2 Å². The fourth-order valence-corrected chi connectivity index (χ4v) is 6.32. The van der Waals surface area contributed by atoms with Crippen molar-refractivity contribution < 1.29 is 23.5 Å². The lowest BCUT2D eigenvalue weighted by atomic mass is 9.94. The van der Waals surface area contributed by atoms with Crippen molar-refractivity contribution in [3.63, 3.8) is 0 Å². The van der Waals surface area contributed by atoms with E-state index < -0.39 is 17.2 Å². The zero-order valence-electron chi connectivity index (χ0n) is 22.2. The summed E-state index contributed by atoms with van der Waals surface area (Å²) in [7, 11) is 0. The number of amides is 2. The van der Waals surface area contributed by atoms with Crippen LogP contribution in [0.25, 0.3) is 0 Å². The van der Waals surface area contributed by atoms with E-state index in [1.165, 1.54) is 31.4 Å². The Balaban J connectivity index is 1.18. The minimum atomic E-state index is -1.18. The van der Waals surface area contributed by atoms with E-state index >= 15 is 0 Å². The lowest BCUT2D eigenvalue weighted by Crippen LogP contribution is -2.53. The molecule has 2 aliphatic carbocycles. The van der Waals surface area contributed by atoms with Crippen LogP contribution in [0.4, 0.5) is 20.2 Å². The highest BCUT2D eigenvalue weighted by molar-refractivity contribution is 5.95. The largest absolute Gasteiger partial charge is 0.380 e. The molecule has 2 aliphatic heterocycles. The SMILES string of the molecule is O=C(c1ccc(C2Nc3cc(F)c(F)cc3N2C2CCCCCCC2)cc1)N1CCN(C(=O)C2(O)CC2)CC1. The number of nitrogens with zero attached hydrogens (tertiary/aromatic N) is 3. The van der Waals surface area contributed by atoms with E-state index in [9.17, 15) is 23.5 Å². The molecule has 2 N–H and O–H groups in total. The maximum absolute atomic E-state index is 14.3. The van der Waals surface area contributed by atoms with Gasteiger partial charge in [0.25, 0.3) is 11.8 Å². The number of fused-ring (bicyclic) bond motifs is 1. The van der Waals surface area contributed by atoms with Gasteiger partial charge in [-0.2, -0.15) is 0 Å². The molecule has 2 aromatic carbocycles. The number of halogens is 2. The molecular weight excluding hydrogens is 502 g/mol. The van der Waals surface area contributed by atoms with E-state index in [1.807, 2.05) is 24.3 Å². The second kappa shape index (κ2) is 10.4. The van der Waals surface area contributed by atoms with Gasteiger partial charge in [-0.05, 0) is 43.4 Å². The van der Waals surface area contributed by atoms with Crippen LogP contribution in [0, 0.1) is 11.6 Å². The summed E-state index contributed by atoms with van der Waals surface area (Å²) in [4.78, 5) is 31.2. The molecule has 7 nitrogen and oxygen atoms in total. The highest BCUT2D eigenvalue weighted by atomic mass is 19.2. The van der Waals surface area contributed by atoms with E-state index in [1.54, 1.807) is 9.80 Å². The number of hydrogen-bond donors (Lipinski definition) is 2. The Morgan fingerprint density at radius 1 is 0.846 bits per heavy atom. The van der Waals surface area contributed by atoms with Crippen LogP contribution in [0.15, 0.2) is 36.4 Å². The Hall–Kier alpha value is -3.20. The molecule has 2 amide bonds. The van der Waals surface area contributed by atoms with E-state index in [0.717, 1.165) is 31.2 Å². The normalized spacial score (nSPS) is 23.1. The van der Waals surface area contributed by atoms with Gasteiger partial charge in [0.15, 0.2) is 11.6 Å². The van der Waals surface area contributed by atoms with Crippen molar-refractivity contribution in [2.75, 3.05) is 36.4 Å². The van der Waals surface area contributed by atoms with Gasteiger partial charge in [0.05, 0.1) is 11.4 Å². The monoisotopic (exact) mass is 538 g/mol. The summed E-state index contributed by atoms with van der Waals surface area (Å²) in [6, 6.07) is 10.2. The number of anilines is 2. The summed E-state index contributed by atoms with van der Waals surface area (Å²) >= 11 is 0. The van der Waals surface area contributed by atoms with Crippen LogP contribution in [-0.2, 0) is 4.79 Å². The van der Waals surface area contributed by atoms with Crippen molar-refractivity contribution in [1.82, 2.24) is 9.80 Å². The number of rotatable bonds is 4. The van der Waals surface area contributed by atoms with Gasteiger partial charge in [0, 0.05) is 49.9 Å². The summed E-state index contributed by atoms with van der Waals surface area (Å²) in [6.45, 7) is 1.68. The molecule has 9 heteroatoms. The van der Waals surface area contributed by atoms with Gasteiger partial charge >= 0.3 is 0 Å². The fraction of sp³-hybridized carbons (Fsp3) is 0.533. The lowest BCUT2D eigenvalue weighted by molar-refractivity contribution is -0.143. The van der Waals surface area contributed by atoms with Crippen LogP contribution in [0.2, 0.25) is 0 Å². The zero-order valence-corrected chi connectivity index (χ0v) is 22.2. The topological polar surface area (TPSA) is 76.1 Å². The van der Waals surface area contributed by atoms with Gasteiger partial charge in [0.1, 0.15) is 11.8 Å². The zero-order chi connectivity index (χ0) is 27.1. The van der Waals surface area contributed by atoms with Crippen molar-refractivity contribution in [1.29, 1.82) is 0 Å². The van der Waals surface area contributed by atoms with Crippen molar-refractivity contribution in [2.45, 2.75) is 75.6 Å². The first kappa shape index (κ1) is 26.0. The average Bonchev–Trinajstić information content (AvgIpc) is 3.59. The Morgan fingerprint density at radius 2 is 1.44 bits per heavy atom. The van der Waals surface area contributed by atoms with Crippen LogP contribution in [0.3, 0.4) is 0 Å². The van der Waals surface area contributed by atoms with Crippen molar-refractivity contribution in [3.8, 4) is 0 Å². The third-order valence-corrected chi connectivity index (χ3v) is 8.80. The molecule has 1 unspecified atom stereocenters. The molecule has 0 bridgehead atoms. The number of benzene rings is 2. The van der Waals surface area contributed by atoms with Crippen molar-refractivity contribution in [2.24, 2.45) is 0 Å². The maximum atomic E-state index is 14.3. The molecule has 3 fully saturated rings. The smallest absolute Gasteiger partial charge is 0.254 e. The first-order chi connectivity index (χ1) is 18.8. The fourth-order valence-electron chi connectivity index (χ4n) is 6.32. The molecular formula is C30H36F2N4O3. The molecule has 4 aliphatic rings. The number of carbonyl (C=O) groups excluding carboxylic acids is 2. The third kappa shape index (κ3) is 5.09. The number of carbonyl (C=O) groups is 2. The van der Waals surface area contributed by atoms with Gasteiger partial charge < -0.3 is 25.1 Å². The van der Waals surface area contributed by atoms with E-state index in [-0.39, 0.29) is 24.0 Å². The van der Waals surface area contributed by atoms with Gasteiger partial charge in [0.2, 0.25) is 0 Å². The molecule has 2 aromatic rings. The van der Waals surface area contributed by atoms with Crippen molar-refractivity contribution in [3.05, 3.63) is 59.2 Å². The molecule has 2 saturated carbocycles. The Morgan fingerprint density at radius 3 is 2.08 bits per heavy atom. The Labute approximate surface area is 227 Å². The van der Waals surface area contributed by atoms with E-state index in [2.05, 4.69) is 10.2 Å². The molecule has 1 saturated heterocycles. The highest BCUT2D eigenvalue weighted by Crippen LogP contribution is 2.45. The molecule has 0 spiro atoms. The standard InChI is InChI=1S/C30H36F2N4O3/c31-23-18-25-26(19-24(23)32)36(22-6-4-2-1-3-5-7-22)27(33-25)20-8-10-21(11-9-20)28(37)34-14-16-35(17-15-34)29(38)30(39)12-13-30/h8-11,18-19,22,27,33,39H,1-7,12-17H2. The molecule has 0 aromatic heterocycles. The van der Waals surface area contributed by atoms with E-state index in [0.29, 0.717) is 56.0 Å². The molecule has 6 rings (SSSR count). The first-order valence-electron chi connectivity index (χ1n) is 14.3. The quantitative estimate of drug-likeness (QED) is 0.584. The highest BCUT2D eigenvalue weighted by Gasteiger charge is 2.50. The second-order valence-corrected chi connectivity index (χ2v) is 11.5. The molecule has 39 heavy (non-hydrogen) atoms.